The van der Waals surface area contributed by atoms with E-state index in [1.165, 1.54) is 0 Å². The second kappa shape index (κ2) is 6.50. The monoisotopic (exact) mass is 305 g/mol. The molecular weight excluding hydrogens is 282 g/mol. The molecule has 2 aromatic rings. The van der Waals surface area contributed by atoms with Crippen LogP contribution in [-0.4, -0.2) is 48.7 Å². The first-order valence-electron chi connectivity index (χ1n) is 7.76. The normalized spacial score (nSPS) is 18.6. The lowest BCUT2D eigenvalue weighted by molar-refractivity contribution is 0.0503. The Morgan fingerprint density at radius 2 is 2.14 bits per heavy atom. The van der Waals surface area contributed by atoms with Crippen molar-refractivity contribution >= 4 is 0 Å². The van der Waals surface area contributed by atoms with Crippen LogP contribution in [0.3, 0.4) is 0 Å². The molecule has 0 saturated carbocycles. The molecule has 1 aliphatic rings. The van der Waals surface area contributed by atoms with Crippen LogP contribution < -0.4 is 5.69 Å². The molecule has 1 aliphatic heterocycles. The van der Waals surface area contributed by atoms with Gasteiger partial charge in [0, 0.05) is 44.9 Å². The number of hydrogen-bond acceptors (Lipinski definition) is 4. The Kier molecular flexibility index (Phi) is 4.44. The third-order valence-corrected chi connectivity index (χ3v) is 4.58. The predicted molar refractivity (Wildman–Crippen MR) is 82.4 cm³/mol. The van der Waals surface area contributed by atoms with Crippen LogP contribution in [0.4, 0.5) is 0 Å². The first kappa shape index (κ1) is 15.1. The van der Waals surface area contributed by atoms with Crippen LogP contribution in [0.25, 0.3) is 0 Å². The van der Waals surface area contributed by atoms with Crippen molar-refractivity contribution in [1.29, 1.82) is 0 Å². The highest BCUT2D eigenvalue weighted by atomic mass is 16.3. The number of likely N-dealkylation sites (tertiary alicyclic amines) is 1. The molecule has 1 saturated heterocycles. The SMILES string of the molecule is Cn1ccnc1C(O)C1CCN(CCn2cc[nH]c2=O)CC1. The minimum atomic E-state index is -0.491. The Labute approximate surface area is 129 Å². The van der Waals surface area contributed by atoms with Crippen molar-refractivity contribution in [3.05, 3.63) is 41.1 Å². The Balaban J connectivity index is 1.49. The molecule has 0 amide bonds. The topological polar surface area (TPSA) is 79.1 Å². The van der Waals surface area contributed by atoms with Crippen LogP contribution in [0.5, 0.6) is 0 Å². The summed E-state index contributed by atoms with van der Waals surface area (Å²) in [7, 11) is 1.91. The maximum atomic E-state index is 11.4. The van der Waals surface area contributed by atoms with Crippen LogP contribution in [0, 0.1) is 5.92 Å². The molecule has 0 aromatic carbocycles. The van der Waals surface area contributed by atoms with E-state index in [2.05, 4.69) is 14.9 Å². The summed E-state index contributed by atoms with van der Waals surface area (Å²) in [5.74, 6) is 1.00. The lowest BCUT2D eigenvalue weighted by atomic mass is 9.91. The summed E-state index contributed by atoms with van der Waals surface area (Å²) in [5.41, 5.74) is -0.0555. The van der Waals surface area contributed by atoms with Gasteiger partial charge >= 0.3 is 5.69 Å². The Morgan fingerprint density at radius 3 is 2.73 bits per heavy atom. The summed E-state index contributed by atoms with van der Waals surface area (Å²) in [5, 5.41) is 10.5. The minimum Gasteiger partial charge on any atom is -0.385 e. The number of rotatable bonds is 5. The van der Waals surface area contributed by atoms with Crippen molar-refractivity contribution in [3.8, 4) is 0 Å². The number of nitrogens with zero attached hydrogens (tertiary/aromatic N) is 4. The maximum Gasteiger partial charge on any atom is 0.325 e. The molecule has 3 heterocycles. The van der Waals surface area contributed by atoms with Crippen LogP contribution in [-0.2, 0) is 13.6 Å². The number of aryl methyl sites for hydroxylation is 1. The van der Waals surface area contributed by atoms with Crippen molar-refractivity contribution in [2.24, 2.45) is 13.0 Å². The van der Waals surface area contributed by atoms with E-state index in [-0.39, 0.29) is 11.6 Å². The number of imidazole rings is 2. The van der Waals surface area contributed by atoms with E-state index < -0.39 is 6.10 Å². The summed E-state index contributed by atoms with van der Waals surface area (Å²) in [6, 6.07) is 0. The maximum absolute atomic E-state index is 11.4. The highest BCUT2D eigenvalue weighted by molar-refractivity contribution is 4.98. The van der Waals surface area contributed by atoms with Gasteiger partial charge in [-0.15, -0.1) is 0 Å². The van der Waals surface area contributed by atoms with E-state index in [1.54, 1.807) is 23.2 Å². The van der Waals surface area contributed by atoms with E-state index in [4.69, 9.17) is 0 Å². The molecule has 0 aliphatic carbocycles. The third kappa shape index (κ3) is 3.15. The van der Waals surface area contributed by atoms with Gasteiger partial charge in [-0.2, -0.15) is 0 Å². The van der Waals surface area contributed by atoms with E-state index in [9.17, 15) is 9.90 Å². The van der Waals surface area contributed by atoms with Gasteiger partial charge in [-0.1, -0.05) is 0 Å². The van der Waals surface area contributed by atoms with E-state index >= 15 is 0 Å². The summed E-state index contributed by atoms with van der Waals surface area (Å²) >= 11 is 0. The molecule has 120 valence electrons. The standard InChI is InChI=1S/C15H23N5O2/c1-18-8-4-16-14(18)13(21)12-2-6-19(7-3-12)10-11-20-9-5-17-15(20)22/h4-5,8-9,12-13,21H,2-3,6-7,10-11H2,1H3,(H,17,22). The van der Waals surface area contributed by atoms with Crippen molar-refractivity contribution in [3.63, 3.8) is 0 Å². The van der Waals surface area contributed by atoms with Crippen molar-refractivity contribution in [1.82, 2.24) is 24.0 Å². The molecule has 0 radical (unpaired) electrons. The lowest BCUT2D eigenvalue weighted by Crippen LogP contribution is -2.38. The summed E-state index contributed by atoms with van der Waals surface area (Å²) in [4.78, 5) is 20.7. The molecule has 1 atom stereocenters. The molecule has 7 heteroatoms. The molecule has 1 unspecified atom stereocenters. The van der Waals surface area contributed by atoms with Crippen molar-refractivity contribution in [2.75, 3.05) is 19.6 Å². The highest BCUT2D eigenvalue weighted by Crippen LogP contribution is 2.29. The predicted octanol–water partition coefficient (Wildman–Crippen LogP) is 0.355. The number of aliphatic hydroxyl groups excluding tert-OH is 1. The summed E-state index contributed by atoms with van der Waals surface area (Å²) in [6.07, 6.45) is 8.45. The zero-order valence-corrected chi connectivity index (χ0v) is 12.9. The van der Waals surface area contributed by atoms with Gasteiger partial charge in [0.05, 0.1) is 0 Å². The van der Waals surface area contributed by atoms with Gasteiger partial charge < -0.3 is 19.6 Å². The fraction of sp³-hybridized carbons (Fsp3) is 0.600. The number of aliphatic hydroxyl groups is 1. The van der Waals surface area contributed by atoms with Gasteiger partial charge in [-0.05, 0) is 31.8 Å². The van der Waals surface area contributed by atoms with Crippen LogP contribution in [0.1, 0.15) is 24.8 Å². The number of aromatic nitrogens is 4. The second-order valence-corrected chi connectivity index (χ2v) is 5.98. The number of nitrogens with one attached hydrogen (secondary N) is 1. The smallest absolute Gasteiger partial charge is 0.325 e. The molecule has 2 aromatic heterocycles. The number of aromatic amines is 1. The highest BCUT2D eigenvalue weighted by Gasteiger charge is 2.28. The molecule has 2 N–H and O–H groups in total. The number of piperidine rings is 1. The summed E-state index contributed by atoms with van der Waals surface area (Å²) < 4.78 is 3.57. The van der Waals surface area contributed by atoms with Gasteiger partial charge in [0.2, 0.25) is 0 Å². The largest absolute Gasteiger partial charge is 0.385 e. The first-order chi connectivity index (χ1) is 10.6. The van der Waals surface area contributed by atoms with Crippen LogP contribution in [0.2, 0.25) is 0 Å². The van der Waals surface area contributed by atoms with E-state index in [1.807, 2.05) is 17.8 Å². The first-order valence-corrected chi connectivity index (χ1v) is 7.76. The van der Waals surface area contributed by atoms with E-state index in [0.29, 0.717) is 6.54 Å². The van der Waals surface area contributed by atoms with Gasteiger partial charge in [0.25, 0.3) is 0 Å². The van der Waals surface area contributed by atoms with Gasteiger partial charge in [-0.25, -0.2) is 9.78 Å². The van der Waals surface area contributed by atoms with Crippen molar-refractivity contribution in [2.45, 2.75) is 25.5 Å². The van der Waals surface area contributed by atoms with Crippen molar-refractivity contribution < 1.29 is 5.11 Å². The average Bonchev–Trinajstić information content (AvgIpc) is 3.13. The van der Waals surface area contributed by atoms with E-state index in [0.717, 1.165) is 38.3 Å². The number of H-pyrrole nitrogens is 1. The van der Waals surface area contributed by atoms with Gasteiger partial charge in [0.1, 0.15) is 11.9 Å². The van der Waals surface area contributed by atoms with Gasteiger partial charge in [0.15, 0.2) is 0 Å². The lowest BCUT2D eigenvalue weighted by Gasteiger charge is -2.33. The molecular formula is C15H23N5O2. The molecule has 3 rings (SSSR count). The van der Waals surface area contributed by atoms with Crippen LogP contribution >= 0.6 is 0 Å². The quantitative estimate of drug-likeness (QED) is 0.836. The zero-order chi connectivity index (χ0) is 15.5. The second-order valence-electron chi connectivity index (χ2n) is 5.98. The molecule has 7 nitrogen and oxygen atoms in total. The average molecular weight is 305 g/mol. The summed E-state index contributed by atoms with van der Waals surface area (Å²) in [6.45, 7) is 3.47. The number of hydrogen-bond donors (Lipinski definition) is 2. The molecule has 22 heavy (non-hydrogen) atoms. The molecule has 1 fully saturated rings. The third-order valence-electron chi connectivity index (χ3n) is 4.58. The zero-order valence-electron chi connectivity index (χ0n) is 12.9. The molecule has 0 bridgehead atoms. The Hall–Kier alpha value is -1.86. The fourth-order valence-electron chi connectivity index (χ4n) is 3.14. The molecule has 0 spiro atoms. The Bertz CT molecular complexity index is 651. The minimum absolute atomic E-state index is 0.0555. The fourth-order valence-corrected chi connectivity index (χ4v) is 3.14. The Morgan fingerprint density at radius 1 is 1.36 bits per heavy atom. The van der Waals surface area contributed by atoms with Crippen LogP contribution in [0.15, 0.2) is 29.6 Å². The van der Waals surface area contributed by atoms with Gasteiger partial charge in [-0.3, -0.25) is 4.57 Å².